The number of methoxy groups -OCH3 is 1. The third-order valence-electron chi connectivity index (χ3n) is 4.76. The molecule has 0 radical (unpaired) electrons. The van der Waals surface area contributed by atoms with Crippen molar-refractivity contribution >= 4 is 23.4 Å². The van der Waals surface area contributed by atoms with Crippen LogP contribution in [0.3, 0.4) is 0 Å². The molecule has 0 saturated carbocycles. The molecule has 0 unspecified atom stereocenters. The fourth-order valence-corrected chi connectivity index (χ4v) is 3.38. The van der Waals surface area contributed by atoms with Gasteiger partial charge in [-0.15, -0.1) is 0 Å². The molecule has 0 bridgehead atoms. The summed E-state index contributed by atoms with van der Waals surface area (Å²) >= 11 is 0. The van der Waals surface area contributed by atoms with Gasteiger partial charge in [-0.25, -0.2) is 0 Å². The molecule has 6 nitrogen and oxygen atoms in total. The van der Waals surface area contributed by atoms with Gasteiger partial charge in [-0.05, 0) is 43.5 Å². The molecule has 1 aliphatic heterocycles. The Kier molecular flexibility index (Phi) is 5.16. The third-order valence-corrected chi connectivity index (χ3v) is 4.76. The van der Waals surface area contributed by atoms with Crippen molar-refractivity contribution in [3.05, 3.63) is 36.4 Å². The van der Waals surface area contributed by atoms with Gasteiger partial charge in [0.2, 0.25) is 17.7 Å². The normalized spacial score (nSPS) is 22.0. The summed E-state index contributed by atoms with van der Waals surface area (Å²) in [6, 6.07) is 7.07. The van der Waals surface area contributed by atoms with Crippen molar-refractivity contribution in [2.45, 2.75) is 25.7 Å². The summed E-state index contributed by atoms with van der Waals surface area (Å²) in [5, 5.41) is 2.80. The average molecular weight is 342 g/mol. The van der Waals surface area contributed by atoms with Crippen molar-refractivity contribution in [2.24, 2.45) is 11.8 Å². The second-order valence-corrected chi connectivity index (χ2v) is 6.36. The number of nitrogens with one attached hydrogen (secondary N) is 1. The first-order valence-corrected chi connectivity index (χ1v) is 8.54. The minimum Gasteiger partial charge on any atom is -0.497 e. The van der Waals surface area contributed by atoms with Crippen LogP contribution in [0.25, 0.3) is 0 Å². The van der Waals surface area contributed by atoms with Crippen molar-refractivity contribution in [3.63, 3.8) is 0 Å². The Balaban J connectivity index is 1.46. The molecule has 25 heavy (non-hydrogen) atoms. The molecule has 0 spiro atoms. The van der Waals surface area contributed by atoms with Gasteiger partial charge in [0, 0.05) is 18.7 Å². The molecule has 3 amide bonds. The molecule has 1 fully saturated rings. The van der Waals surface area contributed by atoms with Gasteiger partial charge in [0.1, 0.15) is 5.75 Å². The lowest BCUT2D eigenvalue weighted by molar-refractivity contribution is -0.140. The van der Waals surface area contributed by atoms with E-state index < -0.39 is 0 Å². The Morgan fingerprint density at radius 3 is 2.28 bits per heavy atom. The Morgan fingerprint density at radius 1 is 1.12 bits per heavy atom. The smallest absolute Gasteiger partial charge is 0.233 e. The highest BCUT2D eigenvalue weighted by Gasteiger charge is 2.46. The van der Waals surface area contributed by atoms with Gasteiger partial charge >= 0.3 is 0 Å². The van der Waals surface area contributed by atoms with Gasteiger partial charge in [0.05, 0.1) is 18.9 Å². The topological polar surface area (TPSA) is 75.7 Å². The lowest BCUT2D eigenvalue weighted by Crippen LogP contribution is -2.32. The van der Waals surface area contributed by atoms with E-state index in [9.17, 15) is 14.4 Å². The molecule has 1 heterocycles. The number of rotatable bonds is 6. The molecule has 1 N–H and O–H groups in total. The molecule has 6 heteroatoms. The van der Waals surface area contributed by atoms with Crippen molar-refractivity contribution < 1.29 is 19.1 Å². The number of benzene rings is 1. The highest BCUT2D eigenvalue weighted by atomic mass is 16.5. The number of imide groups is 1. The summed E-state index contributed by atoms with van der Waals surface area (Å²) < 4.78 is 5.07. The summed E-state index contributed by atoms with van der Waals surface area (Å²) in [6.07, 6.45) is 5.95. The van der Waals surface area contributed by atoms with Crippen molar-refractivity contribution in [3.8, 4) is 5.75 Å². The Labute approximate surface area is 146 Å². The first kappa shape index (κ1) is 17.2. The van der Waals surface area contributed by atoms with Gasteiger partial charge in [-0.2, -0.15) is 0 Å². The molecule has 2 aliphatic rings. The first-order valence-electron chi connectivity index (χ1n) is 8.54. The standard InChI is InChI=1S/C19H22N2O4/c1-25-14-10-8-13(9-11-14)20-17(22)7-4-12-21-18(23)15-5-2-3-6-16(15)19(21)24/h2-3,8-11,15-16H,4-7,12H2,1H3,(H,20,22)/t15-,16-/m1/s1. The fraction of sp³-hybridized carbons (Fsp3) is 0.421. The van der Waals surface area contributed by atoms with Crippen LogP contribution >= 0.6 is 0 Å². The molecule has 3 rings (SSSR count). The zero-order valence-corrected chi connectivity index (χ0v) is 14.2. The maximum atomic E-state index is 12.3. The zero-order chi connectivity index (χ0) is 17.8. The van der Waals surface area contributed by atoms with Crippen LogP contribution in [0.1, 0.15) is 25.7 Å². The van der Waals surface area contributed by atoms with Crippen molar-refractivity contribution in [1.29, 1.82) is 0 Å². The van der Waals surface area contributed by atoms with Crippen LogP contribution in [0.2, 0.25) is 0 Å². The molecular formula is C19H22N2O4. The van der Waals surface area contributed by atoms with E-state index in [0.29, 0.717) is 31.5 Å². The number of hydrogen-bond acceptors (Lipinski definition) is 4. The number of fused-ring (bicyclic) bond motifs is 1. The van der Waals surface area contributed by atoms with E-state index in [-0.39, 0.29) is 36.0 Å². The number of hydrogen-bond donors (Lipinski definition) is 1. The number of anilines is 1. The van der Waals surface area contributed by atoms with E-state index in [1.54, 1.807) is 31.4 Å². The average Bonchev–Trinajstić information content (AvgIpc) is 2.87. The second-order valence-electron chi connectivity index (χ2n) is 6.36. The number of ether oxygens (including phenoxy) is 1. The largest absolute Gasteiger partial charge is 0.497 e. The molecule has 1 saturated heterocycles. The van der Waals surface area contributed by atoms with Crippen LogP contribution in [-0.4, -0.2) is 36.3 Å². The molecule has 2 atom stereocenters. The molecule has 1 aromatic carbocycles. The third kappa shape index (κ3) is 3.73. The molecule has 1 aliphatic carbocycles. The Morgan fingerprint density at radius 2 is 1.72 bits per heavy atom. The van der Waals surface area contributed by atoms with Crippen LogP contribution in [0.4, 0.5) is 5.69 Å². The van der Waals surface area contributed by atoms with E-state index in [1.165, 1.54) is 4.90 Å². The molecule has 0 aromatic heterocycles. The van der Waals surface area contributed by atoms with Gasteiger partial charge in [-0.1, -0.05) is 12.2 Å². The van der Waals surface area contributed by atoms with E-state index in [4.69, 9.17) is 4.74 Å². The number of likely N-dealkylation sites (tertiary alicyclic amines) is 1. The maximum absolute atomic E-state index is 12.3. The number of allylic oxidation sites excluding steroid dienone is 2. The van der Waals surface area contributed by atoms with Crippen LogP contribution in [0.5, 0.6) is 5.75 Å². The van der Waals surface area contributed by atoms with Crippen LogP contribution in [-0.2, 0) is 14.4 Å². The Bertz CT molecular complexity index is 670. The number of nitrogens with zero attached hydrogens (tertiary/aromatic N) is 1. The second kappa shape index (κ2) is 7.51. The monoisotopic (exact) mass is 342 g/mol. The van der Waals surface area contributed by atoms with Crippen molar-refractivity contribution in [2.75, 3.05) is 19.0 Å². The lowest BCUT2D eigenvalue weighted by Gasteiger charge is -2.14. The fourth-order valence-electron chi connectivity index (χ4n) is 3.38. The Hall–Kier alpha value is -2.63. The van der Waals surface area contributed by atoms with Gasteiger partial charge in [-0.3, -0.25) is 19.3 Å². The lowest BCUT2D eigenvalue weighted by atomic mass is 9.85. The van der Waals surface area contributed by atoms with E-state index in [0.717, 1.165) is 5.75 Å². The molecular weight excluding hydrogens is 320 g/mol. The minimum atomic E-state index is -0.203. The van der Waals surface area contributed by atoms with Gasteiger partial charge in [0.25, 0.3) is 0 Å². The highest BCUT2D eigenvalue weighted by Crippen LogP contribution is 2.35. The van der Waals surface area contributed by atoms with Gasteiger partial charge < -0.3 is 10.1 Å². The summed E-state index contributed by atoms with van der Waals surface area (Å²) in [4.78, 5) is 38.0. The minimum absolute atomic E-state index is 0.0880. The number of carbonyl (C=O) groups excluding carboxylic acids is 3. The van der Waals surface area contributed by atoms with E-state index in [1.807, 2.05) is 12.2 Å². The first-order chi connectivity index (χ1) is 12.1. The molecule has 1 aromatic rings. The van der Waals surface area contributed by atoms with Crippen molar-refractivity contribution in [1.82, 2.24) is 4.90 Å². The van der Waals surface area contributed by atoms with Crippen LogP contribution < -0.4 is 10.1 Å². The zero-order valence-electron chi connectivity index (χ0n) is 14.2. The predicted molar refractivity (Wildman–Crippen MR) is 92.9 cm³/mol. The number of amides is 3. The molecule has 132 valence electrons. The quantitative estimate of drug-likeness (QED) is 0.636. The van der Waals surface area contributed by atoms with E-state index >= 15 is 0 Å². The number of carbonyl (C=O) groups is 3. The SMILES string of the molecule is COc1ccc(NC(=O)CCCN2C(=O)[C@@H]3CC=CC[C@H]3C2=O)cc1. The summed E-state index contributed by atoms with van der Waals surface area (Å²) in [5.74, 6) is 0.00411. The summed E-state index contributed by atoms with van der Waals surface area (Å²) in [5.41, 5.74) is 0.691. The maximum Gasteiger partial charge on any atom is 0.233 e. The van der Waals surface area contributed by atoms with Gasteiger partial charge in [0.15, 0.2) is 0 Å². The summed E-state index contributed by atoms with van der Waals surface area (Å²) in [6.45, 7) is 0.306. The summed E-state index contributed by atoms with van der Waals surface area (Å²) in [7, 11) is 1.58. The van der Waals surface area contributed by atoms with Crippen LogP contribution in [0.15, 0.2) is 36.4 Å². The highest BCUT2D eigenvalue weighted by molar-refractivity contribution is 6.05. The predicted octanol–water partition coefficient (Wildman–Crippen LogP) is 2.37. The van der Waals surface area contributed by atoms with Crippen LogP contribution in [0, 0.1) is 11.8 Å². The van der Waals surface area contributed by atoms with E-state index in [2.05, 4.69) is 5.32 Å².